The number of carbonyl (C=O) groups excluding carboxylic acids is 1. The van der Waals surface area contributed by atoms with Gasteiger partial charge in [0.05, 0.1) is 0 Å². The van der Waals surface area contributed by atoms with Crippen LogP contribution in [0, 0.1) is 0 Å². The van der Waals surface area contributed by atoms with Gasteiger partial charge in [0.15, 0.2) is 6.29 Å². The van der Waals surface area contributed by atoms with Gasteiger partial charge in [0.25, 0.3) is 0 Å². The predicted octanol–water partition coefficient (Wildman–Crippen LogP) is 3.96. The van der Waals surface area contributed by atoms with Crippen LogP contribution in [0.15, 0.2) is 91.0 Å². The van der Waals surface area contributed by atoms with Crippen LogP contribution in [0.4, 0.5) is 0 Å². The second-order valence-electron chi connectivity index (χ2n) is 5.84. The summed E-state index contributed by atoms with van der Waals surface area (Å²) in [5, 5.41) is 3.80. The summed E-state index contributed by atoms with van der Waals surface area (Å²) >= 11 is 0. The molecule has 3 rings (SSSR count). The lowest BCUT2D eigenvalue weighted by Gasteiger charge is -2.31. The lowest BCUT2D eigenvalue weighted by atomic mass is 10.3. The summed E-state index contributed by atoms with van der Waals surface area (Å²) < 4.78 is 0. The first-order valence-corrected chi connectivity index (χ1v) is 10.2. The molecule has 24 heavy (non-hydrogen) atoms. The summed E-state index contributed by atoms with van der Waals surface area (Å²) in [4.78, 5) is 12.1. The zero-order valence-corrected chi connectivity index (χ0v) is 14.8. The van der Waals surface area contributed by atoms with Gasteiger partial charge in [-0.05, 0) is 42.8 Å². The molecule has 1 nitrogen and oxygen atoms in total. The van der Waals surface area contributed by atoms with Crippen molar-refractivity contribution >= 4 is 29.5 Å². The van der Waals surface area contributed by atoms with Crippen LogP contribution in [0.1, 0.15) is 13.3 Å². The minimum atomic E-state index is -2.03. The minimum Gasteiger partial charge on any atom is -0.299 e. The van der Waals surface area contributed by atoms with E-state index in [1.165, 1.54) is 22.2 Å². The number of rotatable bonds is 6. The summed E-state index contributed by atoms with van der Waals surface area (Å²) in [5.41, 5.74) is -0.0234. The first kappa shape index (κ1) is 16.6. The molecule has 0 saturated carbocycles. The summed E-state index contributed by atoms with van der Waals surface area (Å²) in [6.45, 7) is 2.11. The fourth-order valence-corrected chi connectivity index (χ4v) is 8.17. The topological polar surface area (TPSA) is 17.1 Å². The highest BCUT2D eigenvalue weighted by molar-refractivity contribution is 7.96. The molecule has 3 aromatic carbocycles. The first-order valence-electron chi connectivity index (χ1n) is 8.35. The van der Waals surface area contributed by atoms with E-state index in [4.69, 9.17) is 0 Å². The van der Waals surface area contributed by atoms with E-state index in [0.717, 1.165) is 6.42 Å². The van der Waals surface area contributed by atoms with E-state index in [-0.39, 0.29) is 5.66 Å². The number of aldehydes is 1. The van der Waals surface area contributed by atoms with Crippen LogP contribution < -0.4 is 15.9 Å². The zero-order chi connectivity index (χ0) is 16.8. The fraction of sp³-hybridized carbons (Fsp3) is 0.136. The lowest BCUT2D eigenvalue weighted by Crippen LogP contribution is -2.39. The molecular weight excluding hydrogens is 311 g/mol. The molecule has 0 aliphatic carbocycles. The predicted molar refractivity (Wildman–Crippen MR) is 105 cm³/mol. The number of hydrogen-bond donors (Lipinski definition) is 0. The second-order valence-corrected chi connectivity index (χ2v) is 9.50. The second kappa shape index (κ2) is 7.55. The molecule has 3 aromatic rings. The first-order chi connectivity index (χ1) is 11.8. The van der Waals surface area contributed by atoms with E-state index in [1.54, 1.807) is 0 Å². The number of carbonyl (C=O) groups is 1. The van der Waals surface area contributed by atoms with Gasteiger partial charge in [-0.25, -0.2) is 0 Å². The SMILES string of the molecule is CCC(C=O)[P+](c1ccccc1)(c1ccccc1)c1ccccc1. The van der Waals surface area contributed by atoms with Crippen molar-refractivity contribution in [2.24, 2.45) is 0 Å². The largest absolute Gasteiger partial charge is 0.299 e. The van der Waals surface area contributed by atoms with Gasteiger partial charge in [-0.3, -0.25) is 4.79 Å². The molecule has 0 aliphatic heterocycles. The third-order valence-electron chi connectivity index (χ3n) is 4.56. The van der Waals surface area contributed by atoms with Crippen LogP contribution in [0.3, 0.4) is 0 Å². The Balaban J connectivity index is 2.39. The zero-order valence-electron chi connectivity index (χ0n) is 13.9. The molecular formula is C22H22OP+. The maximum absolute atomic E-state index is 12.1. The molecule has 0 spiro atoms. The van der Waals surface area contributed by atoms with Crippen LogP contribution in [0.25, 0.3) is 0 Å². The molecule has 0 amide bonds. The molecule has 120 valence electrons. The lowest BCUT2D eigenvalue weighted by molar-refractivity contribution is -0.107. The minimum absolute atomic E-state index is 0.0234. The highest BCUT2D eigenvalue weighted by atomic mass is 31.2. The van der Waals surface area contributed by atoms with Gasteiger partial charge in [0.1, 0.15) is 28.8 Å². The maximum Gasteiger partial charge on any atom is 0.161 e. The normalized spacial score (nSPS) is 12.5. The highest BCUT2D eigenvalue weighted by Crippen LogP contribution is 2.59. The van der Waals surface area contributed by atoms with Crippen molar-refractivity contribution in [3.63, 3.8) is 0 Å². The van der Waals surface area contributed by atoms with Crippen molar-refractivity contribution in [2.75, 3.05) is 0 Å². The van der Waals surface area contributed by atoms with Crippen molar-refractivity contribution < 1.29 is 4.79 Å². The molecule has 0 bridgehead atoms. The van der Waals surface area contributed by atoms with Crippen LogP contribution >= 0.6 is 7.26 Å². The molecule has 0 fully saturated rings. The Morgan fingerprint density at radius 2 is 1.04 bits per heavy atom. The van der Waals surface area contributed by atoms with E-state index in [9.17, 15) is 4.79 Å². The van der Waals surface area contributed by atoms with Gasteiger partial charge >= 0.3 is 0 Å². The van der Waals surface area contributed by atoms with Crippen molar-refractivity contribution in [2.45, 2.75) is 19.0 Å². The van der Waals surface area contributed by atoms with Gasteiger partial charge < -0.3 is 0 Å². The third kappa shape index (κ3) is 2.81. The Morgan fingerprint density at radius 3 is 1.29 bits per heavy atom. The maximum atomic E-state index is 12.1. The molecule has 2 heteroatoms. The monoisotopic (exact) mass is 333 g/mol. The summed E-state index contributed by atoms with van der Waals surface area (Å²) in [6, 6.07) is 31.7. The number of benzene rings is 3. The quantitative estimate of drug-likeness (QED) is 0.493. The van der Waals surface area contributed by atoms with Gasteiger partial charge in [0.2, 0.25) is 0 Å². The van der Waals surface area contributed by atoms with Gasteiger partial charge in [0, 0.05) is 0 Å². The van der Waals surface area contributed by atoms with Crippen molar-refractivity contribution in [3.05, 3.63) is 91.0 Å². The van der Waals surface area contributed by atoms with Crippen LogP contribution in [-0.4, -0.2) is 11.9 Å². The highest BCUT2D eigenvalue weighted by Gasteiger charge is 2.51. The van der Waals surface area contributed by atoms with Crippen molar-refractivity contribution in [1.82, 2.24) is 0 Å². The average Bonchev–Trinajstić information content (AvgIpc) is 2.68. The van der Waals surface area contributed by atoms with E-state index < -0.39 is 7.26 Å². The Bertz CT molecular complexity index is 672. The van der Waals surface area contributed by atoms with Crippen LogP contribution in [0.5, 0.6) is 0 Å². The van der Waals surface area contributed by atoms with E-state index in [0.29, 0.717) is 0 Å². The van der Waals surface area contributed by atoms with Gasteiger partial charge in [-0.15, -0.1) is 0 Å². The summed E-state index contributed by atoms with van der Waals surface area (Å²) in [6.07, 6.45) is 2.00. The Labute approximate surface area is 144 Å². The molecule has 0 aromatic heterocycles. The van der Waals surface area contributed by atoms with E-state index >= 15 is 0 Å². The molecule has 1 unspecified atom stereocenters. The molecule has 0 radical (unpaired) electrons. The molecule has 0 aliphatic rings. The molecule has 0 heterocycles. The van der Waals surface area contributed by atoms with Gasteiger partial charge in [-0.2, -0.15) is 0 Å². The standard InChI is InChI=1S/C22H22OP/c1-2-19(18-23)24(20-12-6-3-7-13-20,21-14-8-4-9-15-21)22-16-10-5-11-17-22/h3-19H,2H2,1H3/q+1. The molecule has 0 saturated heterocycles. The third-order valence-corrected chi connectivity index (χ3v) is 9.38. The Hall–Kier alpha value is -2.24. The molecule has 0 N–H and O–H groups in total. The summed E-state index contributed by atoms with van der Waals surface area (Å²) in [7, 11) is -2.03. The van der Waals surface area contributed by atoms with Crippen molar-refractivity contribution in [3.8, 4) is 0 Å². The molecule has 1 atom stereocenters. The average molecular weight is 333 g/mol. The fourth-order valence-electron chi connectivity index (χ4n) is 3.47. The Morgan fingerprint density at radius 1 is 0.708 bits per heavy atom. The van der Waals surface area contributed by atoms with Crippen LogP contribution in [0.2, 0.25) is 0 Å². The van der Waals surface area contributed by atoms with Gasteiger partial charge in [-0.1, -0.05) is 61.5 Å². The van der Waals surface area contributed by atoms with Crippen LogP contribution in [-0.2, 0) is 4.79 Å². The number of hydrogen-bond acceptors (Lipinski definition) is 1. The van der Waals surface area contributed by atoms with E-state index in [1.807, 2.05) is 18.2 Å². The Kier molecular flexibility index (Phi) is 5.23. The summed E-state index contributed by atoms with van der Waals surface area (Å²) in [5.74, 6) is 0. The van der Waals surface area contributed by atoms with E-state index in [2.05, 4.69) is 79.7 Å². The van der Waals surface area contributed by atoms with Crippen molar-refractivity contribution in [1.29, 1.82) is 0 Å². The smallest absolute Gasteiger partial charge is 0.161 e.